The standard InChI is InChI=1S/C12H14FNO2/c13-8-1-2-9-10(14)6-12(3-4-15-7-12)16-11(9)5-8/h1-2,5,10H,3-4,6-7,14H2/t10-,12?/m0/s1. The summed E-state index contributed by atoms with van der Waals surface area (Å²) in [5.41, 5.74) is 6.65. The molecule has 16 heavy (non-hydrogen) atoms. The Balaban J connectivity index is 2.00. The van der Waals surface area contributed by atoms with Gasteiger partial charge < -0.3 is 15.2 Å². The first-order valence-corrected chi connectivity index (χ1v) is 5.50. The molecule has 1 spiro atoms. The SMILES string of the molecule is N[C@H]1CC2(CCOC2)Oc2cc(F)ccc21. The summed E-state index contributed by atoms with van der Waals surface area (Å²) in [5.74, 6) is 0.283. The molecule has 0 radical (unpaired) electrons. The second kappa shape index (κ2) is 3.43. The van der Waals surface area contributed by atoms with Crippen molar-refractivity contribution >= 4 is 0 Å². The Labute approximate surface area is 93.3 Å². The zero-order chi connectivity index (χ0) is 11.2. The third-order valence-electron chi connectivity index (χ3n) is 3.36. The third kappa shape index (κ3) is 1.49. The highest BCUT2D eigenvalue weighted by Gasteiger charge is 2.43. The number of rotatable bonds is 0. The van der Waals surface area contributed by atoms with Crippen LogP contribution in [0.5, 0.6) is 5.75 Å². The molecule has 0 bridgehead atoms. The highest BCUT2D eigenvalue weighted by Crippen LogP contribution is 2.42. The maximum Gasteiger partial charge on any atom is 0.136 e. The number of benzene rings is 1. The summed E-state index contributed by atoms with van der Waals surface area (Å²) in [5, 5.41) is 0. The van der Waals surface area contributed by atoms with Crippen LogP contribution >= 0.6 is 0 Å². The number of halogens is 1. The van der Waals surface area contributed by atoms with Crippen LogP contribution in [0.15, 0.2) is 18.2 Å². The molecular formula is C12H14FNO2. The van der Waals surface area contributed by atoms with Gasteiger partial charge in [-0.05, 0) is 6.07 Å². The van der Waals surface area contributed by atoms with E-state index in [9.17, 15) is 4.39 Å². The van der Waals surface area contributed by atoms with Crippen LogP contribution in [-0.2, 0) is 4.74 Å². The van der Waals surface area contributed by atoms with Gasteiger partial charge in [-0.3, -0.25) is 0 Å². The van der Waals surface area contributed by atoms with E-state index in [1.165, 1.54) is 12.1 Å². The Morgan fingerprint density at radius 2 is 2.31 bits per heavy atom. The summed E-state index contributed by atoms with van der Waals surface area (Å²) >= 11 is 0. The van der Waals surface area contributed by atoms with Gasteiger partial charge in [-0.15, -0.1) is 0 Å². The van der Waals surface area contributed by atoms with Gasteiger partial charge in [-0.1, -0.05) is 6.07 Å². The van der Waals surface area contributed by atoms with Crippen LogP contribution in [0.1, 0.15) is 24.4 Å². The van der Waals surface area contributed by atoms with Gasteiger partial charge in [0.1, 0.15) is 17.2 Å². The van der Waals surface area contributed by atoms with Gasteiger partial charge in [0, 0.05) is 30.5 Å². The monoisotopic (exact) mass is 223 g/mol. The van der Waals surface area contributed by atoms with Crippen LogP contribution in [0.4, 0.5) is 4.39 Å². The average molecular weight is 223 g/mol. The molecule has 0 amide bonds. The number of hydrogen-bond donors (Lipinski definition) is 1. The Kier molecular flexibility index (Phi) is 2.16. The van der Waals surface area contributed by atoms with Gasteiger partial charge >= 0.3 is 0 Å². The molecule has 86 valence electrons. The van der Waals surface area contributed by atoms with Crippen molar-refractivity contribution in [1.29, 1.82) is 0 Å². The van der Waals surface area contributed by atoms with E-state index in [4.69, 9.17) is 15.2 Å². The molecule has 2 aliphatic heterocycles. The molecule has 2 N–H and O–H groups in total. The molecule has 3 rings (SSSR count). The van der Waals surface area contributed by atoms with Crippen LogP contribution in [0.25, 0.3) is 0 Å². The van der Waals surface area contributed by atoms with Crippen molar-refractivity contribution in [2.24, 2.45) is 5.73 Å². The minimum absolute atomic E-state index is 0.0916. The molecule has 2 atom stereocenters. The number of fused-ring (bicyclic) bond motifs is 1. The van der Waals surface area contributed by atoms with Crippen molar-refractivity contribution in [3.63, 3.8) is 0 Å². The first kappa shape index (κ1) is 10.1. The molecule has 1 fully saturated rings. The second-order valence-electron chi connectivity index (χ2n) is 4.58. The molecule has 0 aliphatic carbocycles. The molecular weight excluding hydrogens is 209 g/mol. The summed E-state index contributed by atoms with van der Waals surface area (Å²) in [6.07, 6.45) is 1.57. The molecule has 3 nitrogen and oxygen atoms in total. The topological polar surface area (TPSA) is 44.5 Å². The summed E-state index contributed by atoms with van der Waals surface area (Å²) in [4.78, 5) is 0. The third-order valence-corrected chi connectivity index (χ3v) is 3.36. The maximum atomic E-state index is 13.1. The summed E-state index contributed by atoms with van der Waals surface area (Å²) < 4.78 is 24.4. The Hall–Kier alpha value is -1.13. The van der Waals surface area contributed by atoms with E-state index in [2.05, 4.69) is 0 Å². The largest absolute Gasteiger partial charge is 0.484 e. The van der Waals surface area contributed by atoms with Crippen molar-refractivity contribution in [1.82, 2.24) is 0 Å². The summed E-state index contributed by atoms with van der Waals surface area (Å²) in [6.45, 7) is 1.24. The van der Waals surface area contributed by atoms with E-state index in [-0.39, 0.29) is 17.5 Å². The van der Waals surface area contributed by atoms with Gasteiger partial charge in [0.15, 0.2) is 0 Å². The fraction of sp³-hybridized carbons (Fsp3) is 0.500. The van der Waals surface area contributed by atoms with Gasteiger partial charge in [-0.2, -0.15) is 0 Å². The fourth-order valence-electron chi connectivity index (χ4n) is 2.52. The van der Waals surface area contributed by atoms with E-state index >= 15 is 0 Å². The predicted molar refractivity (Wildman–Crippen MR) is 56.7 cm³/mol. The Morgan fingerprint density at radius 3 is 3.06 bits per heavy atom. The molecule has 1 unspecified atom stereocenters. The highest BCUT2D eigenvalue weighted by atomic mass is 19.1. The van der Waals surface area contributed by atoms with Crippen molar-refractivity contribution in [3.8, 4) is 5.75 Å². The molecule has 1 aromatic rings. The molecule has 0 saturated carbocycles. The number of hydrogen-bond acceptors (Lipinski definition) is 3. The zero-order valence-corrected chi connectivity index (χ0v) is 8.91. The quantitative estimate of drug-likeness (QED) is 0.729. The second-order valence-corrected chi connectivity index (χ2v) is 4.58. The summed E-state index contributed by atoms with van der Waals surface area (Å²) in [6, 6.07) is 4.45. The number of nitrogens with two attached hydrogens (primary N) is 1. The normalized spacial score (nSPS) is 32.5. The van der Waals surface area contributed by atoms with Crippen molar-refractivity contribution < 1.29 is 13.9 Å². The molecule has 2 aliphatic rings. The Bertz CT molecular complexity index is 415. The predicted octanol–water partition coefficient (Wildman–Crippen LogP) is 1.77. The molecule has 2 heterocycles. The number of ether oxygens (including phenoxy) is 2. The van der Waals surface area contributed by atoms with E-state index in [1.807, 2.05) is 0 Å². The van der Waals surface area contributed by atoms with Gasteiger partial charge in [0.05, 0.1) is 13.2 Å². The lowest BCUT2D eigenvalue weighted by Crippen LogP contribution is -2.43. The molecule has 0 aromatic heterocycles. The van der Waals surface area contributed by atoms with Gasteiger partial charge in [0.2, 0.25) is 0 Å². The minimum atomic E-state index is -0.333. The van der Waals surface area contributed by atoms with E-state index < -0.39 is 0 Å². The van der Waals surface area contributed by atoms with Crippen molar-refractivity contribution in [2.75, 3.05) is 13.2 Å². The smallest absolute Gasteiger partial charge is 0.136 e. The van der Waals surface area contributed by atoms with E-state index in [0.29, 0.717) is 19.0 Å². The molecule has 4 heteroatoms. The van der Waals surface area contributed by atoms with Crippen LogP contribution in [0.2, 0.25) is 0 Å². The first-order valence-electron chi connectivity index (χ1n) is 5.50. The first-order chi connectivity index (χ1) is 7.69. The van der Waals surface area contributed by atoms with Gasteiger partial charge in [-0.25, -0.2) is 4.39 Å². The lowest BCUT2D eigenvalue weighted by Gasteiger charge is -2.37. The molecule has 1 aromatic carbocycles. The highest BCUT2D eigenvalue weighted by molar-refractivity contribution is 5.39. The Morgan fingerprint density at radius 1 is 1.44 bits per heavy atom. The molecule has 1 saturated heterocycles. The van der Waals surface area contributed by atoms with E-state index in [0.717, 1.165) is 18.4 Å². The minimum Gasteiger partial charge on any atom is -0.484 e. The van der Waals surface area contributed by atoms with Crippen LogP contribution in [0.3, 0.4) is 0 Å². The lowest BCUT2D eigenvalue weighted by atomic mass is 9.87. The average Bonchev–Trinajstić information content (AvgIpc) is 2.65. The van der Waals surface area contributed by atoms with Crippen molar-refractivity contribution in [3.05, 3.63) is 29.6 Å². The van der Waals surface area contributed by atoms with Crippen molar-refractivity contribution in [2.45, 2.75) is 24.5 Å². The van der Waals surface area contributed by atoms with E-state index in [1.54, 1.807) is 6.07 Å². The van der Waals surface area contributed by atoms with Crippen LogP contribution in [-0.4, -0.2) is 18.8 Å². The fourth-order valence-corrected chi connectivity index (χ4v) is 2.52. The maximum absolute atomic E-state index is 13.1. The van der Waals surface area contributed by atoms with Crippen LogP contribution < -0.4 is 10.5 Å². The van der Waals surface area contributed by atoms with Crippen LogP contribution in [0, 0.1) is 5.82 Å². The lowest BCUT2D eigenvalue weighted by molar-refractivity contribution is 0.0232. The summed E-state index contributed by atoms with van der Waals surface area (Å²) in [7, 11) is 0. The zero-order valence-electron chi connectivity index (χ0n) is 8.91. The van der Waals surface area contributed by atoms with Gasteiger partial charge in [0.25, 0.3) is 0 Å².